The number of rotatable bonds is 4. The number of hydrogen-bond donors (Lipinski definition) is 2. The molecule has 2 N–H and O–H groups in total. The van der Waals surface area contributed by atoms with Crippen molar-refractivity contribution >= 4 is 11.7 Å². The summed E-state index contributed by atoms with van der Waals surface area (Å²) < 4.78 is 0. The van der Waals surface area contributed by atoms with Crippen LogP contribution in [-0.4, -0.2) is 11.1 Å². The number of nitrogens with one attached hydrogen (secondary N) is 1. The van der Waals surface area contributed by atoms with E-state index in [1.807, 2.05) is 42.5 Å². The van der Waals surface area contributed by atoms with Crippen LogP contribution in [0.15, 0.2) is 48.5 Å². The van der Waals surface area contributed by atoms with Gasteiger partial charge in [-0.25, -0.2) is 4.79 Å². The van der Waals surface area contributed by atoms with Gasteiger partial charge in [0.25, 0.3) is 0 Å². The third-order valence-corrected chi connectivity index (χ3v) is 3.44. The fraction of sp³-hybridized carbons (Fsp3) is 0.278. The first kappa shape index (κ1) is 15.1. The topological polar surface area (TPSA) is 49.3 Å². The highest BCUT2D eigenvalue weighted by Crippen LogP contribution is 2.27. The summed E-state index contributed by atoms with van der Waals surface area (Å²) in [6.45, 7) is 6.95. The maximum absolute atomic E-state index is 11.4. The Kier molecular flexibility index (Phi) is 4.32. The zero-order valence-corrected chi connectivity index (χ0v) is 12.7. The van der Waals surface area contributed by atoms with Crippen LogP contribution in [0.5, 0.6) is 0 Å². The van der Waals surface area contributed by atoms with Crippen LogP contribution in [0, 0.1) is 0 Å². The lowest BCUT2D eigenvalue weighted by Crippen LogP contribution is -2.14. The molecule has 0 unspecified atom stereocenters. The first-order chi connectivity index (χ1) is 9.88. The molecule has 0 bridgehead atoms. The van der Waals surface area contributed by atoms with E-state index in [0.29, 0.717) is 17.8 Å². The molecule has 3 nitrogen and oxygen atoms in total. The number of carboxylic acid groups (broad SMARTS) is 1. The van der Waals surface area contributed by atoms with Gasteiger partial charge in [0.15, 0.2) is 0 Å². The van der Waals surface area contributed by atoms with Crippen LogP contribution < -0.4 is 5.32 Å². The lowest BCUT2D eigenvalue weighted by atomic mass is 9.86. The van der Waals surface area contributed by atoms with E-state index in [-0.39, 0.29) is 5.41 Å². The third kappa shape index (κ3) is 3.85. The Morgan fingerprint density at radius 1 is 1.10 bits per heavy atom. The van der Waals surface area contributed by atoms with Gasteiger partial charge in [-0.3, -0.25) is 0 Å². The normalized spacial score (nSPS) is 11.2. The molecule has 0 saturated carbocycles. The molecule has 0 amide bonds. The van der Waals surface area contributed by atoms with E-state index in [2.05, 4.69) is 26.1 Å². The first-order valence-electron chi connectivity index (χ1n) is 7.03. The van der Waals surface area contributed by atoms with Gasteiger partial charge in [0.2, 0.25) is 0 Å². The predicted octanol–water partition coefficient (Wildman–Crippen LogP) is 4.29. The fourth-order valence-electron chi connectivity index (χ4n) is 2.14. The van der Waals surface area contributed by atoms with Gasteiger partial charge in [-0.1, -0.05) is 57.2 Å². The van der Waals surface area contributed by atoms with Crippen molar-refractivity contribution in [1.82, 2.24) is 0 Å². The Hall–Kier alpha value is -2.29. The van der Waals surface area contributed by atoms with Gasteiger partial charge in [0, 0.05) is 12.2 Å². The van der Waals surface area contributed by atoms with E-state index >= 15 is 0 Å². The van der Waals surface area contributed by atoms with Crippen molar-refractivity contribution in [3.63, 3.8) is 0 Å². The van der Waals surface area contributed by atoms with Crippen LogP contribution in [0.1, 0.15) is 42.3 Å². The highest BCUT2D eigenvalue weighted by Gasteiger charge is 2.17. The first-order valence-corrected chi connectivity index (χ1v) is 7.03. The van der Waals surface area contributed by atoms with Crippen LogP contribution in [0.4, 0.5) is 5.69 Å². The molecular weight excluding hydrogens is 262 g/mol. The molecule has 0 saturated heterocycles. The molecule has 0 aromatic heterocycles. The van der Waals surface area contributed by atoms with Gasteiger partial charge in [0.05, 0.1) is 5.56 Å². The molecule has 0 heterocycles. The molecule has 0 aliphatic carbocycles. The highest BCUT2D eigenvalue weighted by atomic mass is 16.4. The van der Waals surface area contributed by atoms with E-state index < -0.39 is 5.97 Å². The van der Waals surface area contributed by atoms with Gasteiger partial charge >= 0.3 is 5.97 Å². The minimum absolute atomic E-state index is 0.0137. The standard InChI is InChI=1S/C18H21NO2/c1-18(2,3)14-9-10-15(17(20)21)16(11-14)19-12-13-7-5-4-6-8-13/h4-11,19H,12H2,1-3H3,(H,20,21). The second-order valence-corrected chi connectivity index (χ2v) is 6.15. The number of hydrogen-bond acceptors (Lipinski definition) is 2. The van der Waals surface area contributed by atoms with Crippen LogP contribution in [0.25, 0.3) is 0 Å². The Morgan fingerprint density at radius 2 is 1.76 bits per heavy atom. The SMILES string of the molecule is CC(C)(C)c1ccc(C(=O)O)c(NCc2ccccc2)c1. The van der Waals surface area contributed by atoms with Gasteiger partial charge in [0.1, 0.15) is 0 Å². The zero-order chi connectivity index (χ0) is 15.5. The monoisotopic (exact) mass is 283 g/mol. The summed E-state index contributed by atoms with van der Waals surface area (Å²) in [4.78, 5) is 11.4. The highest BCUT2D eigenvalue weighted by molar-refractivity contribution is 5.94. The summed E-state index contributed by atoms with van der Waals surface area (Å²) in [6, 6.07) is 15.4. The van der Waals surface area contributed by atoms with Crippen LogP contribution >= 0.6 is 0 Å². The van der Waals surface area contributed by atoms with Crippen molar-refractivity contribution < 1.29 is 9.90 Å². The smallest absolute Gasteiger partial charge is 0.337 e. The number of carbonyl (C=O) groups is 1. The molecule has 110 valence electrons. The summed E-state index contributed by atoms with van der Waals surface area (Å²) in [5.41, 5.74) is 3.19. The molecule has 21 heavy (non-hydrogen) atoms. The molecule has 2 aromatic carbocycles. The van der Waals surface area contributed by atoms with Gasteiger partial charge in [-0.2, -0.15) is 0 Å². The fourth-order valence-corrected chi connectivity index (χ4v) is 2.14. The summed E-state index contributed by atoms with van der Waals surface area (Å²) in [5, 5.41) is 12.6. The minimum atomic E-state index is -0.911. The van der Waals surface area contributed by atoms with Crippen molar-refractivity contribution in [1.29, 1.82) is 0 Å². The van der Waals surface area contributed by atoms with Crippen molar-refractivity contribution in [2.24, 2.45) is 0 Å². The number of carboxylic acids is 1. The van der Waals surface area contributed by atoms with E-state index in [4.69, 9.17) is 0 Å². The maximum Gasteiger partial charge on any atom is 0.337 e. The van der Waals surface area contributed by atoms with Crippen molar-refractivity contribution in [2.45, 2.75) is 32.7 Å². The van der Waals surface area contributed by atoms with Crippen molar-refractivity contribution in [3.05, 3.63) is 65.2 Å². The second-order valence-electron chi connectivity index (χ2n) is 6.15. The van der Waals surface area contributed by atoms with Crippen LogP contribution in [-0.2, 0) is 12.0 Å². The lowest BCUT2D eigenvalue weighted by molar-refractivity contribution is 0.0698. The molecule has 0 atom stereocenters. The molecule has 0 radical (unpaired) electrons. The lowest BCUT2D eigenvalue weighted by Gasteiger charge is -2.21. The molecule has 0 aliphatic rings. The van der Waals surface area contributed by atoms with E-state index in [0.717, 1.165) is 11.1 Å². The molecule has 0 aliphatic heterocycles. The van der Waals surface area contributed by atoms with Crippen LogP contribution in [0.3, 0.4) is 0 Å². The minimum Gasteiger partial charge on any atom is -0.478 e. The van der Waals surface area contributed by atoms with Crippen molar-refractivity contribution in [2.75, 3.05) is 5.32 Å². The summed E-state index contributed by atoms with van der Waals surface area (Å²) >= 11 is 0. The average Bonchev–Trinajstić information content (AvgIpc) is 2.45. The van der Waals surface area contributed by atoms with Crippen LogP contribution in [0.2, 0.25) is 0 Å². The molecule has 2 rings (SSSR count). The largest absolute Gasteiger partial charge is 0.478 e. The summed E-state index contributed by atoms with van der Waals surface area (Å²) in [5.74, 6) is -0.911. The van der Waals surface area contributed by atoms with Gasteiger partial charge < -0.3 is 10.4 Å². The van der Waals surface area contributed by atoms with Crippen molar-refractivity contribution in [3.8, 4) is 0 Å². The summed E-state index contributed by atoms with van der Waals surface area (Å²) in [7, 11) is 0. The van der Waals surface area contributed by atoms with E-state index in [1.165, 1.54) is 0 Å². The molecular formula is C18H21NO2. The number of benzene rings is 2. The number of aromatic carboxylic acids is 1. The zero-order valence-electron chi connectivity index (χ0n) is 12.7. The molecule has 2 aromatic rings. The predicted molar refractivity (Wildman–Crippen MR) is 85.9 cm³/mol. The Morgan fingerprint density at radius 3 is 2.33 bits per heavy atom. The van der Waals surface area contributed by atoms with Gasteiger partial charge in [-0.15, -0.1) is 0 Å². The second kappa shape index (κ2) is 6.00. The molecule has 0 fully saturated rings. The third-order valence-electron chi connectivity index (χ3n) is 3.44. The Bertz CT molecular complexity index is 627. The quantitative estimate of drug-likeness (QED) is 0.879. The molecule has 0 spiro atoms. The van der Waals surface area contributed by atoms with E-state index in [1.54, 1.807) is 6.07 Å². The average molecular weight is 283 g/mol. The van der Waals surface area contributed by atoms with E-state index in [9.17, 15) is 9.90 Å². The summed E-state index contributed by atoms with van der Waals surface area (Å²) in [6.07, 6.45) is 0. The Balaban J connectivity index is 2.29. The van der Waals surface area contributed by atoms with Gasteiger partial charge in [-0.05, 0) is 28.7 Å². The maximum atomic E-state index is 11.4. The molecule has 3 heteroatoms. The Labute approximate surface area is 125 Å². The number of anilines is 1.